The zero-order valence-corrected chi connectivity index (χ0v) is 10.9. The first-order valence-corrected chi connectivity index (χ1v) is 6.04. The van der Waals surface area contributed by atoms with E-state index in [0.717, 1.165) is 5.69 Å². The summed E-state index contributed by atoms with van der Waals surface area (Å²) in [5, 5.41) is 4.05. The minimum Gasteiger partial charge on any atom is -0.310 e. The third kappa shape index (κ3) is 2.70. The molecule has 0 aliphatic heterocycles. The Kier molecular flexibility index (Phi) is 3.75. The average Bonchev–Trinajstić information content (AvgIpc) is 2.47. The van der Waals surface area contributed by atoms with Crippen LogP contribution in [0.15, 0.2) is 47.3 Å². The highest BCUT2D eigenvalue weighted by Crippen LogP contribution is 2.13. The van der Waals surface area contributed by atoms with Gasteiger partial charge in [0.25, 0.3) is 11.5 Å². The predicted molar refractivity (Wildman–Crippen MR) is 73.3 cm³/mol. The monoisotopic (exact) mass is 257 g/mol. The lowest BCUT2D eigenvalue weighted by atomic mass is 10.2. The number of aromatic nitrogens is 2. The highest BCUT2D eigenvalue weighted by molar-refractivity contribution is 6.04. The number of carbonyl (C=O) groups is 1. The summed E-state index contributed by atoms with van der Waals surface area (Å²) in [6, 6.07) is 12.1. The van der Waals surface area contributed by atoms with Crippen LogP contribution in [-0.2, 0) is 6.54 Å². The molecule has 0 saturated heterocycles. The summed E-state index contributed by atoms with van der Waals surface area (Å²) >= 11 is 0. The Labute approximate surface area is 111 Å². The molecule has 0 aliphatic carbocycles. The van der Waals surface area contributed by atoms with Crippen molar-refractivity contribution in [3.8, 4) is 0 Å². The number of nitrogens with zero attached hydrogens (tertiary/aromatic N) is 3. The van der Waals surface area contributed by atoms with E-state index in [2.05, 4.69) is 5.10 Å². The van der Waals surface area contributed by atoms with Gasteiger partial charge in [0.15, 0.2) is 0 Å². The average molecular weight is 257 g/mol. The maximum absolute atomic E-state index is 12.3. The van der Waals surface area contributed by atoms with Crippen LogP contribution in [-0.4, -0.2) is 22.7 Å². The van der Waals surface area contributed by atoms with Crippen LogP contribution in [0.4, 0.5) is 5.69 Å². The van der Waals surface area contributed by atoms with Crippen LogP contribution in [0.25, 0.3) is 0 Å². The van der Waals surface area contributed by atoms with Crippen molar-refractivity contribution in [1.82, 2.24) is 9.78 Å². The van der Waals surface area contributed by atoms with Crippen molar-refractivity contribution in [3.63, 3.8) is 0 Å². The summed E-state index contributed by atoms with van der Waals surface area (Å²) in [5.41, 5.74) is 0.831. The van der Waals surface area contributed by atoms with E-state index in [1.807, 2.05) is 37.3 Å². The van der Waals surface area contributed by atoms with Gasteiger partial charge in [-0.15, -0.1) is 0 Å². The number of carbonyl (C=O) groups excluding carboxylic acids is 1. The van der Waals surface area contributed by atoms with E-state index in [0.29, 0.717) is 6.54 Å². The fraction of sp³-hybridized carbons (Fsp3) is 0.214. The van der Waals surface area contributed by atoms with Crippen molar-refractivity contribution in [2.75, 3.05) is 11.9 Å². The van der Waals surface area contributed by atoms with Crippen molar-refractivity contribution >= 4 is 11.6 Å². The van der Waals surface area contributed by atoms with Crippen molar-refractivity contribution in [3.05, 3.63) is 58.5 Å². The standard InChI is InChI=1S/C14H15N3O2/c1-3-17-13(18)10-9-12(15-17)14(19)16(2)11-7-5-4-6-8-11/h4-10H,3H2,1-2H3. The van der Waals surface area contributed by atoms with Crippen molar-refractivity contribution in [2.24, 2.45) is 0 Å². The van der Waals surface area contributed by atoms with Crippen LogP contribution in [0.5, 0.6) is 0 Å². The molecule has 0 fully saturated rings. The summed E-state index contributed by atoms with van der Waals surface area (Å²) in [6.45, 7) is 2.25. The molecule has 1 aromatic heterocycles. The van der Waals surface area contributed by atoms with Gasteiger partial charge in [-0.1, -0.05) is 18.2 Å². The molecule has 19 heavy (non-hydrogen) atoms. The molecule has 0 unspecified atom stereocenters. The SMILES string of the molecule is CCn1nc(C(=O)N(C)c2ccccc2)ccc1=O. The Morgan fingerprint density at radius 3 is 2.53 bits per heavy atom. The van der Waals surface area contributed by atoms with Gasteiger partial charge < -0.3 is 4.90 Å². The number of hydrogen-bond donors (Lipinski definition) is 0. The first-order chi connectivity index (χ1) is 9.13. The second-order valence-electron chi connectivity index (χ2n) is 4.07. The molecule has 1 heterocycles. The quantitative estimate of drug-likeness (QED) is 0.838. The van der Waals surface area contributed by atoms with Crippen LogP contribution in [0.2, 0.25) is 0 Å². The van der Waals surface area contributed by atoms with Gasteiger partial charge >= 0.3 is 0 Å². The molecule has 0 saturated carbocycles. The van der Waals surface area contributed by atoms with E-state index in [1.165, 1.54) is 21.7 Å². The second-order valence-corrected chi connectivity index (χ2v) is 4.07. The van der Waals surface area contributed by atoms with Crippen molar-refractivity contribution in [1.29, 1.82) is 0 Å². The summed E-state index contributed by atoms with van der Waals surface area (Å²) in [7, 11) is 1.68. The van der Waals surface area contributed by atoms with Crippen LogP contribution in [0, 0.1) is 0 Å². The minimum absolute atomic E-state index is 0.207. The second kappa shape index (κ2) is 5.48. The van der Waals surface area contributed by atoms with Crippen LogP contribution in [0.3, 0.4) is 0 Å². The smallest absolute Gasteiger partial charge is 0.278 e. The lowest BCUT2D eigenvalue weighted by molar-refractivity contribution is 0.0986. The van der Waals surface area contributed by atoms with Gasteiger partial charge in [0.2, 0.25) is 0 Å². The van der Waals surface area contributed by atoms with Crippen LogP contribution in [0.1, 0.15) is 17.4 Å². The number of rotatable bonds is 3. The molecule has 1 aromatic carbocycles. The number of anilines is 1. The number of benzene rings is 1. The van der Waals surface area contributed by atoms with E-state index < -0.39 is 0 Å². The Bertz CT molecular complexity index is 635. The molecule has 1 amide bonds. The largest absolute Gasteiger partial charge is 0.310 e. The maximum Gasteiger partial charge on any atom is 0.278 e. The maximum atomic E-state index is 12.3. The molecular formula is C14H15N3O2. The van der Waals surface area contributed by atoms with Crippen molar-refractivity contribution < 1.29 is 4.79 Å². The topological polar surface area (TPSA) is 55.2 Å². The normalized spacial score (nSPS) is 10.2. The summed E-state index contributed by atoms with van der Waals surface area (Å²) < 4.78 is 1.27. The molecular weight excluding hydrogens is 242 g/mol. The van der Waals surface area contributed by atoms with Gasteiger partial charge in [-0.05, 0) is 25.1 Å². The molecule has 0 spiro atoms. The number of hydrogen-bond acceptors (Lipinski definition) is 3. The number of para-hydroxylation sites is 1. The summed E-state index contributed by atoms with van der Waals surface area (Å²) in [6.07, 6.45) is 0. The fourth-order valence-corrected chi connectivity index (χ4v) is 1.73. The Balaban J connectivity index is 2.32. The molecule has 0 N–H and O–H groups in total. The predicted octanol–water partition coefficient (Wildman–Crippen LogP) is 1.54. The Morgan fingerprint density at radius 2 is 1.89 bits per heavy atom. The van der Waals surface area contributed by atoms with Gasteiger partial charge in [-0.2, -0.15) is 5.10 Å². The molecule has 5 heteroatoms. The van der Waals surface area contributed by atoms with Gasteiger partial charge in [-0.3, -0.25) is 9.59 Å². The number of amides is 1. The zero-order chi connectivity index (χ0) is 13.8. The molecule has 0 radical (unpaired) electrons. The van der Waals surface area contributed by atoms with Gasteiger partial charge in [-0.25, -0.2) is 4.68 Å². The molecule has 0 bridgehead atoms. The minimum atomic E-state index is -0.242. The lowest BCUT2D eigenvalue weighted by Gasteiger charge is -2.16. The molecule has 98 valence electrons. The molecule has 0 atom stereocenters. The van der Waals surface area contributed by atoms with Crippen LogP contribution < -0.4 is 10.5 Å². The third-order valence-electron chi connectivity index (χ3n) is 2.83. The van der Waals surface area contributed by atoms with E-state index >= 15 is 0 Å². The van der Waals surface area contributed by atoms with Gasteiger partial charge in [0.05, 0.1) is 0 Å². The first kappa shape index (κ1) is 13.0. The highest BCUT2D eigenvalue weighted by atomic mass is 16.2. The van der Waals surface area contributed by atoms with Crippen LogP contribution >= 0.6 is 0 Å². The van der Waals surface area contributed by atoms with Gasteiger partial charge in [0, 0.05) is 25.3 Å². The van der Waals surface area contributed by atoms with E-state index in [4.69, 9.17) is 0 Å². The molecule has 2 aromatic rings. The Hall–Kier alpha value is -2.43. The Morgan fingerprint density at radius 1 is 1.21 bits per heavy atom. The van der Waals surface area contributed by atoms with E-state index in [-0.39, 0.29) is 17.2 Å². The number of aryl methyl sites for hydroxylation is 1. The van der Waals surface area contributed by atoms with E-state index in [9.17, 15) is 9.59 Å². The summed E-state index contributed by atoms with van der Waals surface area (Å²) in [4.78, 5) is 25.2. The highest BCUT2D eigenvalue weighted by Gasteiger charge is 2.15. The molecule has 5 nitrogen and oxygen atoms in total. The third-order valence-corrected chi connectivity index (χ3v) is 2.83. The lowest BCUT2D eigenvalue weighted by Crippen LogP contribution is -2.30. The van der Waals surface area contributed by atoms with Crippen molar-refractivity contribution in [2.45, 2.75) is 13.5 Å². The first-order valence-electron chi connectivity index (χ1n) is 6.04. The summed E-state index contributed by atoms with van der Waals surface area (Å²) in [5.74, 6) is -0.242. The van der Waals surface area contributed by atoms with E-state index in [1.54, 1.807) is 7.05 Å². The van der Waals surface area contributed by atoms with Gasteiger partial charge in [0.1, 0.15) is 5.69 Å². The fourth-order valence-electron chi connectivity index (χ4n) is 1.73. The zero-order valence-electron chi connectivity index (χ0n) is 10.9. The molecule has 0 aliphatic rings. The molecule has 2 rings (SSSR count).